The van der Waals surface area contributed by atoms with E-state index in [4.69, 9.17) is 30.1 Å². The molecule has 0 radical (unpaired) electrons. The SMILES string of the molecule is CCOC(=O)CCC(C)OP(=S)(OCC)OCC. The fourth-order valence-electron chi connectivity index (χ4n) is 1.24. The molecule has 7 heteroatoms. The zero-order valence-corrected chi connectivity index (χ0v) is 13.2. The molecule has 0 bridgehead atoms. The van der Waals surface area contributed by atoms with Crippen LogP contribution in [0.4, 0.5) is 0 Å². The molecule has 0 aromatic heterocycles. The first kappa shape index (κ1) is 18.0. The highest BCUT2D eigenvalue weighted by Gasteiger charge is 2.23. The summed E-state index contributed by atoms with van der Waals surface area (Å²) in [7, 11) is 0. The van der Waals surface area contributed by atoms with E-state index in [-0.39, 0.29) is 12.1 Å². The Bertz CT molecular complexity index is 275. The Labute approximate surface area is 114 Å². The van der Waals surface area contributed by atoms with Crippen LogP contribution in [0.25, 0.3) is 0 Å². The molecule has 0 spiro atoms. The van der Waals surface area contributed by atoms with Gasteiger partial charge in [-0.1, -0.05) is 0 Å². The standard InChI is InChI=1S/C11H23O5PS/c1-5-13-11(12)9-8-10(4)16-17(18,14-6-2)15-7-3/h10H,5-9H2,1-4H3. The van der Waals surface area contributed by atoms with Gasteiger partial charge in [-0.15, -0.1) is 0 Å². The van der Waals surface area contributed by atoms with Crippen molar-refractivity contribution in [2.75, 3.05) is 19.8 Å². The second kappa shape index (κ2) is 9.87. The maximum Gasteiger partial charge on any atom is 0.327 e. The molecule has 108 valence electrons. The smallest absolute Gasteiger partial charge is 0.327 e. The molecule has 5 nitrogen and oxygen atoms in total. The Balaban J connectivity index is 4.13. The van der Waals surface area contributed by atoms with Crippen LogP contribution in [0, 0.1) is 0 Å². The summed E-state index contributed by atoms with van der Waals surface area (Å²) in [6.07, 6.45) is 0.651. The van der Waals surface area contributed by atoms with Gasteiger partial charge in [0.15, 0.2) is 0 Å². The molecule has 1 unspecified atom stereocenters. The molecule has 1 atom stereocenters. The minimum Gasteiger partial charge on any atom is -0.466 e. The molecule has 18 heavy (non-hydrogen) atoms. The normalized spacial score (nSPS) is 13.3. The molecule has 0 aliphatic heterocycles. The van der Waals surface area contributed by atoms with Crippen LogP contribution in [0.3, 0.4) is 0 Å². The van der Waals surface area contributed by atoms with E-state index in [0.717, 1.165) is 0 Å². The number of rotatable bonds is 10. The Hall–Kier alpha value is -0.0000000000000000694. The summed E-state index contributed by atoms with van der Waals surface area (Å²) in [4.78, 5) is 11.2. The highest BCUT2D eigenvalue weighted by atomic mass is 32.5. The lowest BCUT2D eigenvalue weighted by Crippen LogP contribution is -2.13. The largest absolute Gasteiger partial charge is 0.466 e. The van der Waals surface area contributed by atoms with Crippen molar-refractivity contribution in [3.63, 3.8) is 0 Å². The van der Waals surface area contributed by atoms with Gasteiger partial charge in [0.2, 0.25) is 0 Å². The van der Waals surface area contributed by atoms with Gasteiger partial charge in [-0.2, -0.15) is 0 Å². The Morgan fingerprint density at radius 2 is 1.72 bits per heavy atom. The van der Waals surface area contributed by atoms with E-state index in [0.29, 0.717) is 32.7 Å². The lowest BCUT2D eigenvalue weighted by atomic mass is 10.2. The second-order valence-corrected chi connectivity index (χ2v) is 6.51. The molecule has 0 N–H and O–H groups in total. The Kier molecular flexibility index (Phi) is 9.87. The van der Waals surface area contributed by atoms with Crippen LogP contribution >= 0.6 is 6.72 Å². The summed E-state index contributed by atoms with van der Waals surface area (Å²) in [6.45, 7) is 5.92. The van der Waals surface area contributed by atoms with Crippen molar-refractivity contribution in [1.29, 1.82) is 0 Å². The van der Waals surface area contributed by atoms with E-state index < -0.39 is 6.72 Å². The van der Waals surface area contributed by atoms with Crippen molar-refractivity contribution in [1.82, 2.24) is 0 Å². The van der Waals surface area contributed by atoms with Gasteiger partial charge >= 0.3 is 12.7 Å². The van der Waals surface area contributed by atoms with E-state index >= 15 is 0 Å². The van der Waals surface area contributed by atoms with Gasteiger partial charge in [0, 0.05) is 6.42 Å². The highest BCUT2D eigenvalue weighted by Crippen LogP contribution is 2.51. The van der Waals surface area contributed by atoms with Crippen molar-refractivity contribution < 1.29 is 23.1 Å². The van der Waals surface area contributed by atoms with E-state index in [9.17, 15) is 4.79 Å². The van der Waals surface area contributed by atoms with Gasteiger partial charge in [0.25, 0.3) is 0 Å². The van der Waals surface area contributed by atoms with Crippen LogP contribution in [0.2, 0.25) is 0 Å². The fraction of sp³-hybridized carbons (Fsp3) is 0.909. The van der Waals surface area contributed by atoms with Crippen LogP contribution < -0.4 is 0 Å². The number of hydrogen-bond donors (Lipinski definition) is 0. The van der Waals surface area contributed by atoms with Crippen LogP contribution in [-0.2, 0) is 34.9 Å². The van der Waals surface area contributed by atoms with Crippen LogP contribution in [-0.4, -0.2) is 31.9 Å². The van der Waals surface area contributed by atoms with Crippen molar-refractivity contribution in [2.45, 2.75) is 46.6 Å². The first-order chi connectivity index (χ1) is 8.47. The van der Waals surface area contributed by atoms with Crippen molar-refractivity contribution in [3.8, 4) is 0 Å². The van der Waals surface area contributed by atoms with E-state index in [1.165, 1.54) is 0 Å². The van der Waals surface area contributed by atoms with Gasteiger partial charge in [-0.25, -0.2) is 0 Å². The van der Waals surface area contributed by atoms with E-state index in [1.807, 2.05) is 20.8 Å². The van der Waals surface area contributed by atoms with Gasteiger partial charge in [-0.3, -0.25) is 4.79 Å². The molecule has 0 aliphatic carbocycles. The molecule has 0 aliphatic rings. The van der Waals surface area contributed by atoms with Crippen molar-refractivity contribution >= 4 is 24.5 Å². The highest BCUT2D eigenvalue weighted by molar-refractivity contribution is 8.07. The summed E-state index contributed by atoms with van der Waals surface area (Å²) < 4.78 is 21.2. The molecule has 0 heterocycles. The third-order valence-electron chi connectivity index (χ3n) is 1.94. The fourth-order valence-corrected chi connectivity index (χ4v) is 3.69. The average Bonchev–Trinajstić information content (AvgIpc) is 2.27. The predicted octanol–water partition coefficient (Wildman–Crippen LogP) is 3.03. The molecule has 0 rings (SSSR count). The zero-order valence-electron chi connectivity index (χ0n) is 11.5. The summed E-state index contributed by atoms with van der Waals surface area (Å²) in [6, 6.07) is 0. The van der Waals surface area contributed by atoms with Gasteiger partial charge in [-0.05, 0) is 45.9 Å². The molecule has 0 saturated heterocycles. The molecular formula is C11H23O5PS. The Morgan fingerprint density at radius 1 is 1.17 bits per heavy atom. The van der Waals surface area contributed by atoms with Crippen LogP contribution in [0.5, 0.6) is 0 Å². The quantitative estimate of drug-likeness (QED) is 0.456. The Morgan fingerprint density at radius 3 is 2.17 bits per heavy atom. The van der Waals surface area contributed by atoms with Crippen molar-refractivity contribution in [3.05, 3.63) is 0 Å². The third kappa shape index (κ3) is 8.16. The minimum atomic E-state index is -2.67. The maximum atomic E-state index is 11.2. The molecule has 0 amide bonds. The molecule has 0 aromatic carbocycles. The van der Waals surface area contributed by atoms with Gasteiger partial charge in [0.05, 0.1) is 25.9 Å². The number of esters is 1. The van der Waals surface area contributed by atoms with Crippen LogP contribution in [0.1, 0.15) is 40.5 Å². The molecular weight excluding hydrogens is 275 g/mol. The first-order valence-electron chi connectivity index (χ1n) is 6.20. The lowest BCUT2D eigenvalue weighted by molar-refractivity contribution is -0.143. The van der Waals surface area contributed by atoms with Gasteiger partial charge < -0.3 is 18.3 Å². The number of carbonyl (C=O) groups is 1. The number of ether oxygens (including phenoxy) is 1. The molecule has 0 saturated carbocycles. The summed E-state index contributed by atoms with van der Waals surface area (Å²) >= 11 is 5.24. The lowest BCUT2D eigenvalue weighted by Gasteiger charge is -2.24. The summed E-state index contributed by atoms with van der Waals surface area (Å²) in [5.41, 5.74) is 0. The molecule has 0 aromatic rings. The van der Waals surface area contributed by atoms with Crippen LogP contribution in [0.15, 0.2) is 0 Å². The van der Waals surface area contributed by atoms with E-state index in [2.05, 4.69) is 0 Å². The number of carbonyl (C=O) groups excluding carboxylic acids is 1. The van der Waals surface area contributed by atoms with Gasteiger partial charge in [0.1, 0.15) is 0 Å². The first-order valence-corrected chi connectivity index (χ1v) is 8.76. The number of hydrogen-bond acceptors (Lipinski definition) is 6. The molecule has 0 fully saturated rings. The minimum absolute atomic E-state index is 0.196. The summed E-state index contributed by atoms with van der Waals surface area (Å²) in [5, 5.41) is 0. The maximum absolute atomic E-state index is 11.2. The summed E-state index contributed by atoms with van der Waals surface area (Å²) in [5.74, 6) is -0.228. The topological polar surface area (TPSA) is 54.0 Å². The average molecular weight is 298 g/mol. The van der Waals surface area contributed by atoms with Crippen molar-refractivity contribution in [2.24, 2.45) is 0 Å². The predicted molar refractivity (Wildman–Crippen MR) is 74.0 cm³/mol. The zero-order chi connectivity index (χ0) is 14.0. The van der Waals surface area contributed by atoms with E-state index in [1.54, 1.807) is 6.92 Å². The monoisotopic (exact) mass is 298 g/mol. The third-order valence-corrected chi connectivity index (χ3v) is 4.60. The second-order valence-electron chi connectivity index (χ2n) is 3.54.